The van der Waals surface area contributed by atoms with E-state index in [1.807, 2.05) is 53.4 Å². The number of fused-ring (bicyclic) bond motifs is 1. The summed E-state index contributed by atoms with van der Waals surface area (Å²) in [4.78, 5) is 28.0. The largest absolute Gasteiger partial charge is 0.481 e. The minimum Gasteiger partial charge on any atom is -0.481 e. The summed E-state index contributed by atoms with van der Waals surface area (Å²) in [6, 6.07) is 23.9. The van der Waals surface area contributed by atoms with Gasteiger partial charge in [-0.05, 0) is 74.1 Å². The molecule has 0 aromatic heterocycles. The maximum absolute atomic E-state index is 13.6. The van der Waals surface area contributed by atoms with Crippen LogP contribution in [0, 0.1) is 6.92 Å². The van der Waals surface area contributed by atoms with Gasteiger partial charge >= 0.3 is 0 Å². The summed E-state index contributed by atoms with van der Waals surface area (Å²) in [5.74, 6) is 0.571. The third-order valence-corrected chi connectivity index (χ3v) is 6.59. The van der Waals surface area contributed by atoms with E-state index in [1.165, 1.54) is 5.56 Å². The molecule has 3 aromatic rings. The van der Waals surface area contributed by atoms with Crippen molar-refractivity contribution in [3.8, 4) is 5.75 Å². The minimum atomic E-state index is -0.582. The Morgan fingerprint density at radius 3 is 2.53 bits per heavy atom. The molecule has 174 valence electrons. The van der Waals surface area contributed by atoms with Crippen molar-refractivity contribution in [3.05, 3.63) is 101 Å². The Bertz CT molecular complexity index is 1200. The van der Waals surface area contributed by atoms with Crippen LogP contribution in [-0.4, -0.2) is 35.4 Å². The van der Waals surface area contributed by atoms with Crippen molar-refractivity contribution in [2.24, 2.45) is 0 Å². The predicted octanol–water partition coefficient (Wildman–Crippen LogP) is 4.83. The van der Waals surface area contributed by atoms with Crippen LogP contribution in [0.2, 0.25) is 0 Å². The fraction of sp³-hybridized carbons (Fsp3) is 0.310. The van der Waals surface area contributed by atoms with Gasteiger partial charge < -0.3 is 15.0 Å². The summed E-state index contributed by atoms with van der Waals surface area (Å²) in [5.41, 5.74) is 5.15. The summed E-state index contributed by atoms with van der Waals surface area (Å²) >= 11 is 0. The fourth-order valence-corrected chi connectivity index (χ4v) is 4.64. The smallest absolute Gasteiger partial charge is 0.260 e. The second-order valence-corrected chi connectivity index (χ2v) is 9.33. The van der Waals surface area contributed by atoms with Gasteiger partial charge in [0.05, 0.1) is 6.04 Å². The number of carbonyl (C=O) groups is 2. The molecule has 1 fully saturated rings. The predicted molar refractivity (Wildman–Crippen MR) is 132 cm³/mol. The van der Waals surface area contributed by atoms with Crippen LogP contribution in [0.15, 0.2) is 72.8 Å². The van der Waals surface area contributed by atoms with E-state index in [-0.39, 0.29) is 17.9 Å². The minimum absolute atomic E-state index is 0.0151. The molecule has 5 heteroatoms. The number of carbonyl (C=O) groups excluding carboxylic acids is 2. The molecule has 1 aliphatic heterocycles. The molecule has 2 aliphatic rings. The zero-order chi connectivity index (χ0) is 23.7. The van der Waals surface area contributed by atoms with E-state index in [0.29, 0.717) is 23.9 Å². The van der Waals surface area contributed by atoms with Crippen molar-refractivity contribution in [2.75, 3.05) is 6.54 Å². The molecule has 1 aliphatic carbocycles. The summed E-state index contributed by atoms with van der Waals surface area (Å²) < 4.78 is 6.04. The molecule has 1 saturated carbocycles. The molecule has 2 amide bonds. The van der Waals surface area contributed by atoms with Crippen LogP contribution in [-0.2, 0) is 11.2 Å². The highest BCUT2D eigenvalue weighted by molar-refractivity contribution is 5.95. The molecule has 5 rings (SSSR count). The van der Waals surface area contributed by atoms with Crippen molar-refractivity contribution >= 4 is 11.8 Å². The lowest BCUT2D eigenvalue weighted by atomic mass is 9.87. The summed E-state index contributed by atoms with van der Waals surface area (Å²) in [6.07, 6.45) is 2.28. The zero-order valence-corrected chi connectivity index (χ0v) is 19.7. The maximum atomic E-state index is 13.6. The molecule has 5 nitrogen and oxygen atoms in total. The van der Waals surface area contributed by atoms with Gasteiger partial charge in [-0.1, -0.05) is 54.1 Å². The zero-order valence-electron chi connectivity index (χ0n) is 19.7. The van der Waals surface area contributed by atoms with Crippen molar-refractivity contribution in [3.63, 3.8) is 0 Å². The number of hydrogen-bond donors (Lipinski definition) is 1. The second-order valence-electron chi connectivity index (χ2n) is 9.33. The van der Waals surface area contributed by atoms with Gasteiger partial charge in [-0.2, -0.15) is 0 Å². The standard InChI is InChI=1S/C29H30N2O3/c1-19-7-6-10-23(17-19)27-26-18-25(34-20(2)28(32)30-24-12-13-24)14-11-21(26)15-16-31(27)29(33)22-8-4-3-5-9-22/h3-11,14,17-18,20,24,27H,12-13,15-16H2,1-2H3,(H,30,32)/t20-,27+/m0/s1. The van der Waals surface area contributed by atoms with Gasteiger partial charge in [0.15, 0.2) is 6.10 Å². The molecule has 1 N–H and O–H groups in total. The van der Waals surface area contributed by atoms with Crippen molar-refractivity contribution in [1.29, 1.82) is 0 Å². The van der Waals surface area contributed by atoms with Crippen LogP contribution in [0.1, 0.15) is 58.4 Å². The highest BCUT2D eigenvalue weighted by Gasteiger charge is 2.33. The average Bonchev–Trinajstić information content (AvgIpc) is 3.67. The molecule has 3 aromatic carbocycles. The molecule has 0 bridgehead atoms. The lowest BCUT2D eigenvalue weighted by Gasteiger charge is -2.38. The molecular formula is C29H30N2O3. The number of ether oxygens (including phenoxy) is 1. The first-order valence-corrected chi connectivity index (χ1v) is 12.0. The highest BCUT2D eigenvalue weighted by atomic mass is 16.5. The van der Waals surface area contributed by atoms with Gasteiger partial charge in [-0.15, -0.1) is 0 Å². The Morgan fingerprint density at radius 2 is 1.79 bits per heavy atom. The Morgan fingerprint density at radius 1 is 1.00 bits per heavy atom. The number of nitrogens with one attached hydrogen (secondary N) is 1. The van der Waals surface area contributed by atoms with Gasteiger partial charge in [-0.25, -0.2) is 0 Å². The second kappa shape index (κ2) is 9.34. The number of benzene rings is 3. The van der Waals surface area contributed by atoms with Crippen LogP contribution in [0.3, 0.4) is 0 Å². The van der Waals surface area contributed by atoms with Gasteiger partial charge in [0, 0.05) is 18.2 Å². The number of amides is 2. The van der Waals surface area contributed by atoms with Crippen LogP contribution in [0.4, 0.5) is 0 Å². The van der Waals surface area contributed by atoms with Crippen molar-refractivity contribution < 1.29 is 14.3 Å². The SMILES string of the molecule is Cc1cccc([C@@H]2c3cc(O[C@@H](C)C(=O)NC4CC4)ccc3CCN2C(=O)c2ccccc2)c1. The first-order chi connectivity index (χ1) is 16.5. The molecule has 2 atom stereocenters. The number of hydrogen-bond acceptors (Lipinski definition) is 3. The topological polar surface area (TPSA) is 58.6 Å². The summed E-state index contributed by atoms with van der Waals surface area (Å²) in [6.45, 7) is 4.48. The molecule has 1 heterocycles. The van der Waals surface area contributed by atoms with Crippen LogP contribution in [0.5, 0.6) is 5.75 Å². The lowest BCUT2D eigenvalue weighted by molar-refractivity contribution is -0.127. The van der Waals surface area contributed by atoms with E-state index in [9.17, 15) is 9.59 Å². The third-order valence-electron chi connectivity index (χ3n) is 6.59. The Kier molecular flexibility index (Phi) is 6.10. The molecule has 0 radical (unpaired) electrons. The maximum Gasteiger partial charge on any atom is 0.260 e. The van der Waals surface area contributed by atoms with E-state index in [1.54, 1.807) is 6.92 Å². The molecular weight excluding hydrogens is 424 g/mol. The first-order valence-electron chi connectivity index (χ1n) is 12.0. The first kappa shape index (κ1) is 22.2. The van der Waals surface area contributed by atoms with E-state index in [2.05, 4.69) is 36.5 Å². The normalized spacial score (nSPS) is 18.1. The van der Waals surface area contributed by atoms with E-state index in [0.717, 1.165) is 36.0 Å². The average molecular weight is 455 g/mol. The number of aryl methyl sites for hydroxylation is 1. The number of rotatable bonds is 6. The lowest BCUT2D eigenvalue weighted by Crippen LogP contribution is -2.41. The number of nitrogens with zero attached hydrogens (tertiary/aromatic N) is 1. The van der Waals surface area contributed by atoms with Gasteiger partial charge in [-0.3, -0.25) is 9.59 Å². The molecule has 0 spiro atoms. The molecule has 0 saturated heterocycles. The molecule has 34 heavy (non-hydrogen) atoms. The van der Waals surface area contributed by atoms with Crippen LogP contribution in [0.25, 0.3) is 0 Å². The summed E-state index contributed by atoms with van der Waals surface area (Å²) in [7, 11) is 0. The molecule has 0 unspecified atom stereocenters. The quantitative estimate of drug-likeness (QED) is 0.581. The monoisotopic (exact) mass is 454 g/mol. The summed E-state index contributed by atoms with van der Waals surface area (Å²) in [5, 5.41) is 3.00. The van der Waals surface area contributed by atoms with E-state index < -0.39 is 6.10 Å². The highest BCUT2D eigenvalue weighted by Crippen LogP contribution is 2.38. The van der Waals surface area contributed by atoms with Crippen molar-refractivity contribution in [2.45, 2.75) is 51.3 Å². The van der Waals surface area contributed by atoms with Gasteiger partial charge in [0.25, 0.3) is 11.8 Å². The van der Waals surface area contributed by atoms with E-state index in [4.69, 9.17) is 4.74 Å². The van der Waals surface area contributed by atoms with Gasteiger partial charge in [0.1, 0.15) is 5.75 Å². The van der Waals surface area contributed by atoms with Crippen LogP contribution >= 0.6 is 0 Å². The third kappa shape index (κ3) is 4.69. The Labute approximate surface area is 200 Å². The Balaban J connectivity index is 1.49. The van der Waals surface area contributed by atoms with E-state index >= 15 is 0 Å². The van der Waals surface area contributed by atoms with Crippen LogP contribution < -0.4 is 10.1 Å². The van der Waals surface area contributed by atoms with Gasteiger partial charge in [0.2, 0.25) is 0 Å². The van der Waals surface area contributed by atoms with Crippen molar-refractivity contribution in [1.82, 2.24) is 10.2 Å². The Hall–Kier alpha value is -3.60. The fourth-order valence-electron chi connectivity index (χ4n) is 4.64.